The highest BCUT2D eigenvalue weighted by Gasteiger charge is 2.20. The Morgan fingerprint density at radius 3 is 2.45 bits per heavy atom. The first-order chi connectivity index (χ1) is 9.10. The summed E-state index contributed by atoms with van der Waals surface area (Å²) in [5.74, 6) is -1.19. The van der Waals surface area contributed by atoms with Gasteiger partial charge < -0.3 is 21.5 Å². The maximum atomic E-state index is 11.9. The second-order valence-electron chi connectivity index (χ2n) is 5.54. The summed E-state index contributed by atoms with van der Waals surface area (Å²) in [6, 6.07) is 2.16. The van der Waals surface area contributed by atoms with Crippen molar-refractivity contribution in [1.82, 2.24) is 10.3 Å². The first kappa shape index (κ1) is 15.7. The second kappa shape index (κ2) is 5.77. The SMILES string of the molecule is CC(Nc1nc(C(=O)O)ccc1N)C(=O)NC(C)(C)C. The van der Waals surface area contributed by atoms with Crippen molar-refractivity contribution >= 4 is 23.4 Å². The van der Waals surface area contributed by atoms with E-state index in [0.717, 1.165) is 0 Å². The van der Waals surface area contributed by atoms with Crippen LogP contribution in [0.4, 0.5) is 11.5 Å². The van der Waals surface area contributed by atoms with Crippen molar-refractivity contribution in [3.8, 4) is 0 Å². The van der Waals surface area contributed by atoms with E-state index in [1.165, 1.54) is 12.1 Å². The van der Waals surface area contributed by atoms with Crippen LogP contribution in [-0.2, 0) is 4.79 Å². The molecule has 0 aliphatic heterocycles. The number of carboxylic acid groups (broad SMARTS) is 1. The molecule has 1 unspecified atom stereocenters. The number of hydrogen-bond donors (Lipinski definition) is 4. The lowest BCUT2D eigenvalue weighted by molar-refractivity contribution is -0.122. The third-order valence-electron chi connectivity index (χ3n) is 2.39. The molecule has 0 aliphatic carbocycles. The lowest BCUT2D eigenvalue weighted by Crippen LogP contribution is -2.47. The summed E-state index contributed by atoms with van der Waals surface area (Å²) < 4.78 is 0. The number of amides is 1. The molecule has 1 heterocycles. The number of hydrogen-bond acceptors (Lipinski definition) is 5. The number of nitrogens with zero attached hydrogens (tertiary/aromatic N) is 1. The van der Waals surface area contributed by atoms with Gasteiger partial charge in [-0.1, -0.05) is 0 Å². The topological polar surface area (TPSA) is 117 Å². The number of carbonyl (C=O) groups is 2. The number of nitrogens with two attached hydrogens (primary N) is 1. The molecular weight excluding hydrogens is 260 g/mol. The van der Waals surface area contributed by atoms with Gasteiger partial charge in [-0.3, -0.25) is 4.79 Å². The number of carbonyl (C=O) groups excluding carboxylic acids is 1. The molecule has 20 heavy (non-hydrogen) atoms. The molecule has 1 aromatic heterocycles. The molecule has 1 amide bonds. The molecular formula is C13H20N4O3. The Kier molecular flexibility index (Phi) is 4.54. The molecule has 0 aromatic carbocycles. The van der Waals surface area contributed by atoms with Crippen LogP contribution >= 0.6 is 0 Å². The van der Waals surface area contributed by atoms with Crippen LogP contribution in [0.3, 0.4) is 0 Å². The van der Waals surface area contributed by atoms with Crippen molar-refractivity contribution in [1.29, 1.82) is 0 Å². The molecule has 5 N–H and O–H groups in total. The molecule has 0 saturated heterocycles. The fourth-order valence-electron chi connectivity index (χ4n) is 1.45. The van der Waals surface area contributed by atoms with Gasteiger partial charge in [0.05, 0.1) is 5.69 Å². The van der Waals surface area contributed by atoms with Gasteiger partial charge in [0.1, 0.15) is 6.04 Å². The van der Waals surface area contributed by atoms with E-state index in [1.807, 2.05) is 20.8 Å². The number of aromatic carboxylic acids is 1. The molecule has 7 heteroatoms. The molecule has 1 atom stereocenters. The van der Waals surface area contributed by atoms with E-state index in [4.69, 9.17) is 10.8 Å². The van der Waals surface area contributed by atoms with Crippen molar-refractivity contribution in [2.24, 2.45) is 0 Å². The van der Waals surface area contributed by atoms with Gasteiger partial charge >= 0.3 is 5.97 Å². The molecule has 0 aliphatic rings. The van der Waals surface area contributed by atoms with E-state index in [9.17, 15) is 9.59 Å². The highest BCUT2D eigenvalue weighted by molar-refractivity contribution is 5.88. The van der Waals surface area contributed by atoms with Gasteiger partial charge in [0.15, 0.2) is 11.5 Å². The lowest BCUT2D eigenvalue weighted by atomic mass is 10.1. The number of nitrogen functional groups attached to an aromatic ring is 1. The number of rotatable bonds is 4. The van der Waals surface area contributed by atoms with E-state index in [2.05, 4.69) is 15.6 Å². The zero-order valence-corrected chi connectivity index (χ0v) is 12.0. The molecule has 0 radical (unpaired) electrons. The van der Waals surface area contributed by atoms with Crippen molar-refractivity contribution in [2.45, 2.75) is 39.3 Å². The number of anilines is 2. The summed E-state index contributed by atoms with van der Waals surface area (Å²) in [5, 5.41) is 14.5. The highest BCUT2D eigenvalue weighted by Crippen LogP contribution is 2.17. The third kappa shape index (κ3) is 4.42. The smallest absolute Gasteiger partial charge is 0.354 e. The Morgan fingerprint density at radius 1 is 1.35 bits per heavy atom. The first-order valence-corrected chi connectivity index (χ1v) is 6.18. The summed E-state index contributed by atoms with van der Waals surface area (Å²) in [7, 11) is 0. The standard InChI is InChI=1S/C13H20N4O3/c1-7(11(18)17-13(2,3)4)15-10-8(14)5-6-9(16-10)12(19)20/h5-7H,14H2,1-4H3,(H,15,16)(H,17,18)(H,19,20). The quantitative estimate of drug-likeness (QED) is 0.655. The van der Waals surface area contributed by atoms with Gasteiger partial charge in [0.25, 0.3) is 0 Å². The Bertz CT molecular complexity index is 523. The maximum Gasteiger partial charge on any atom is 0.354 e. The van der Waals surface area contributed by atoms with Crippen LogP contribution in [0.15, 0.2) is 12.1 Å². The van der Waals surface area contributed by atoms with Crippen molar-refractivity contribution in [2.75, 3.05) is 11.1 Å². The van der Waals surface area contributed by atoms with E-state index in [1.54, 1.807) is 6.92 Å². The first-order valence-electron chi connectivity index (χ1n) is 6.18. The molecule has 0 fully saturated rings. The zero-order chi connectivity index (χ0) is 15.5. The Hall–Kier alpha value is -2.31. The molecule has 1 rings (SSSR count). The van der Waals surface area contributed by atoms with E-state index in [-0.39, 0.29) is 28.6 Å². The van der Waals surface area contributed by atoms with Crippen LogP contribution in [0.25, 0.3) is 0 Å². The Morgan fingerprint density at radius 2 is 1.95 bits per heavy atom. The predicted molar refractivity (Wildman–Crippen MR) is 76.6 cm³/mol. The van der Waals surface area contributed by atoms with Crippen LogP contribution in [0.2, 0.25) is 0 Å². The molecule has 0 saturated carbocycles. The summed E-state index contributed by atoms with van der Waals surface area (Å²) in [4.78, 5) is 26.7. The molecule has 0 bridgehead atoms. The molecule has 1 aromatic rings. The van der Waals surface area contributed by atoms with Gasteiger partial charge in [0.2, 0.25) is 5.91 Å². The summed E-state index contributed by atoms with van der Waals surface area (Å²) >= 11 is 0. The monoisotopic (exact) mass is 280 g/mol. The maximum absolute atomic E-state index is 11.9. The van der Waals surface area contributed by atoms with Crippen LogP contribution in [0, 0.1) is 0 Å². The number of carboxylic acids is 1. The lowest BCUT2D eigenvalue weighted by Gasteiger charge is -2.24. The summed E-state index contributed by atoms with van der Waals surface area (Å²) in [5.41, 5.74) is 5.51. The number of pyridine rings is 1. The normalized spacial score (nSPS) is 12.6. The minimum Gasteiger partial charge on any atom is -0.477 e. The fraction of sp³-hybridized carbons (Fsp3) is 0.462. The molecule has 110 valence electrons. The van der Waals surface area contributed by atoms with Crippen LogP contribution in [-0.4, -0.2) is 33.5 Å². The van der Waals surface area contributed by atoms with Gasteiger partial charge in [-0.15, -0.1) is 0 Å². The second-order valence-corrected chi connectivity index (χ2v) is 5.54. The minimum absolute atomic E-state index is 0.134. The van der Waals surface area contributed by atoms with Crippen molar-refractivity contribution < 1.29 is 14.7 Å². The van der Waals surface area contributed by atoms with Crippen LogP contribution in [0.5, 0.6) is 0 Å². The van der Waals surface area contributed by atoms with Gasteiger partial charge in [-0.05, 0) is 39.8 Å². The van der Waals surface area contributed by atoms with Gasteiger partial charge in [-0.25, -0.2) is 9.78 Å². The predicted octanol–water partition coefficient (Wildman–Crippen LogP) is 1.08. The van der Waals surface area contributed by atoms with E-state index in [0.29, 0.717) is 0 Å². The molecule has 7 nitrogen and oxygen atoms in total. The Labute approximate surface area is 117 Å². The van der Waals surface area contributed by atoms with E-state index >= 15 is 0 Å². The molecule has 0 spiro atoms. The highest BCUT2D eigenvalue weighted by atomic mass is 16.4. The van der Waals surface area contributed by atoms with E-state index < -0.39 is 12.0 Å². The van der Waals surface area contributed by atoms with Crippen LogP contribution < -0.4 is 16.4 Å². The zero-order valence-electron chi connectivity index (χ0n) is 12.0. The average Bonchev–Trinajstić information content (AvgIpc) is 2.29. The fourth-order valence-corrected chi connectivity index (χ4v) is 1.45. The van der Waals surface area contributed by atoms with Gasteiger partial charge in [0, 0.05) is 5.54 Å². The van der Waals surface area contributed by atoms with Crippen molar-refractivity contribution in [3.05, 3.63) is 17.8 Å². The Balaban J connectivity index is 2.85. The number of aromatic nitrogens is 1. The summed E-state index contributed by atoms with van der Waals surface area (Å²) in [6.07, 6.45) is 0. The summed E-state index contributed by atoms with van der Waals surface area (Å²) in [6.45, 7) is 7.26. The number of nitrogens with one attached hydrogen (secondary N) is 2. The average molecular weight is 280 g/mol. The largest absolute Gasteiger partial charge is 0.477 e. The van der Waals surface area contributed by atoms with Crippen molar-refractivity contribution in [3.63, 3.8) is 0 Å². The van der Waals surface area contributed by atoms with Gasteiger partial charge in [-0.2, -0.15) is 0 Å². The minimum atomic E-state index is -1.15. The van der Waals surface area contributed by atoms with Crippen LogP contribution in [0.1, 0.15) is 38.2 Å². The third-order valence-corrected chi connectivity index (χ3v) is 2.39.